The van der Waals surface area contributed by atoms with E-state index in [1.165, 1.54) is 0 Å². The lowest BCUT2D eigenvalue weighted by Crippen LogP contribution is -2.37. The van der Waals surface area contributed by atoms with E-state index in [4.69, 9.17) is 9.52 Å². The van der Waals surface area contributed by atoms with Gasteiger partial charge in [-0.05, 0) is 33.3 Å². The van der Waals surface area contributed by atoms with Gasteiger partial charge in [0.25, 0.3) is 0 Å². The molecule has 1 unspecified atom stereocenters. The predicted molar refractivity (Wildman–Crippen MR) is 70.0 cm³/mol. The van der Waals surface area contributed by atoms with Crippen LogP contribution in [-0.2, 0) is 4.79 Å². The number of amides is 2. The van der Waals surface area contributed by atoms with E-state index >= 15 is 0 Å². The first-order chi connectivity index (χ1) is 8.90. The highest BCUT2D eigenvalue weighted by atomic mass is 16.4. The van der Waals surface area contributed by atoms with Crippen LogP contribution >= 0.6 is 0 Å². The first-order valence-electron chi connectivity index (χ1n) is 6.23. The number of hydrogen-bond acceptors (Lipinski definition) is 3. The Balaban J connectivity index is 2.36. The van der Waals surface area contributed by atoms with Crippen LogP contribution in [0.3, 0.4) is 0 Å². The highest BCUT2D eigenvalue weighted by Crippen LogP contribution is 2.20. The summed E-state index contributed by atoms with van der Waals surface area (Å²) in [6.45, 7) is 5.92. The minimum atomic E-state index is -0.861. The summed E-state index contributed by atoms with van der Waals surface area (Å²) in [6, 6.07) is 1.43. The SMILES string of the molecule is Cc1cc(C(C)NC(=O)NCCCC(=O)O)c(C)o1. The Kier molecular flexibility index (Phi) is 5.41. The van der Waals surface area contributed by atoms with E-state index in [0.29, 0.717) is 13.0 Å². The van der Waals surface area contributed by atoms with Gasteiger partial charge in [-0.25, -0.2) is 4.79 Å². The molecule has 0 fully saturated rings. The van der Waals surface area contributed by atoms with Crippen LogP contribution in [0, 0.1) is 13.8 Å². The Labute approximate surface area is 112 Å². The Bertz CT molecular complexity index is 453. The number of carboxylic acid groups (broad SMARTS) is 1. The largest absolute Gasteiger partial charge is 0.481 e. The van der Waals surface area contributed by atoms with Crippen molar-refractivity contribution < 1.29 is 19.1 Å². The van der Waals surface area contributed by atoms with E-state index in [0.717, 1.165) is 17.1 Å². The lowest BCUT2D eigenvalue weighted by atomic mass is 10.1. The van der Waals surface area contributed by atoms with Crippen molar-refractivity contribution in [2.45, 2.75) is 39.7 Å². The highest BCUT2D eigenvalue weighted by Gasteiger charge is 2.14. The molecule has 19 heavy (non-hydrogen) atoms. The van der Waals surface area contributed by atoms with Crippen molar-refractivity contribution in [3.63, 3.8) is 0 Å². The van der Waals surface area contributed by atoms with Crippen LogP contribution < -0.4 is 10.6 Å². The molecule has 6 nitrogen and oxygen atoms in total. The molecule has 0 aliphatic carbocycles. The Morgan fingerprint density at radius 3 is 2.63 bits per heavy atom. The van der Waals surface area contributed by atoms with Crippen molar-refractivity contribution >= 4 is 12.0 Å². The van der Waals surface area contributed by atoms with E-state index in [2.05, 4.69) is 10.6 Å². The van der Waals surface area contributed by atoms with Gasteiger partial charge in [0.2, 0.25) is 0 Å². The average molecular weight is 268 g/mol. The van der Waals surface area contributed by atoms with Gasteiger partial charge < -0.3 is 20.2 Å². The molecule has 1 rings (SSSR count). The average Bonchev–Trinajstić information content (AvgIpc) is 2.64. The monoisotopic (exact) mass is 268 g/mol. The number of aliphatic carboxylic acids is 1. The molecule has 0 aromatic carbocycles. The maximum atomic E-state index is 11.6. The molecule has 3 N–H and O–H groups in total. The summed E-state index contributed by atoms with van der Waals surface area (Å²) in [4.78, 5) is 21.9. The van der Waals surface area contributed by atoms with Gasteiger partial charge in [-0.2, -0.15) is 0 Å². The summed E-state index contributed by atoms with van der Waals surface area (Å²) in [5, 5.41) is 13.9. The van der Waals surface area contributed by atoms with E-state index in [1.54, 1.807) is 0 Å². The van der Waals surface area contributed by atoms with E-state index in [9.17, 15) is 9.59 Å². The molecular formula is C13H20N2O4. The molecule has 106 valence electrons. The molecule has 1 atom stereocenters. The van der Waals surface area contributed by atoms with Crippen molar-refractivity contribution in [1.82, 2.24) is 10.6 Å². The maximum Gasteiger partial charge on any atom is 0.315 e. The number of carbonyl (C=O) groups excluding carboxylic acids is 1. The van der Waals surface area contributed by atoms with Crippen LogP contribution in [0.1, 0.15) is 42.9 Å². The van der Waals surface area contributed by atoms with Crippen molar-refractivity contribution in [3.8, 4) is 0 Å². The molecule has 1 heterocycles. The minimum absolute atomic E-state index is 0.0515. The predicted octanol–water partition coefficient (Wildman–Crippen LogP) is 2.12. The lowest BCUT2D eigenvalue weighted by Gasteiger charge is -2.13. The number of urea groups is 1. The Morgan fingerprint density at radius 2 is 2.11 bits per heavy atom. The number of carboxylic acids is 1. The number of nitrogens with one attached hydrogen (secondary N) is 2. The third-order valence-corrected chi connectivity index (χ3v) is 2.75. The molecule has 0 aliphatic heterocycles. The topological polar surface area (TPSA) is 91.6 Å². The summed E-state index contributed by atoms with van der Waals surface area (Å²) >= 11 is 0. The first-order valence-corrected chi connectivity index (χ1v) is 6.23. The molecule has 0 bridgehead atoms. The van der Waals surface area contributed by atoms with Crippen LogP contribution in [0.4, 0.5) is 4.79 Å². The number of aryl methyl sites for hydroxylation is 2. The zero-order valence-corrected chi connectivity index (χ0v) is 11.4. The van der Waals surface area contributed by atoms with Crippen LogP contribution in [-0.4, -0.2) is 23.7 Å². The summed E-state index contributed by atoms with van der Waals surface area (Å²) in [7, 11) is 0. The highest BCUT2D eigenvalue weighted by molar-refractivity contribution is 5.74. The maximum absolute atomic E-state index is 11.6. The Morgan fingerprint density at radius 1 is 1.42 bits per heavy atom. The molecule has 0 spiro atoms. The fourth-order valence-electron chi connectivity index (χ4n) is 1.85. The standard InChI is InChI=1S/C13H20N2O4/c1-8-7-11(10(3)19-8)9(2)15-13(18)14-6-4-5-12(16)17/h7,9H,4-6H2,1-3H3,(H,16,17)(H2,14,15,18). The van der Waals surface area contributed by atoms with E-state index in [1.807, 2.05) is 26.8 Å². The molecular weight excluding hydrogens is 248 g/mol. The molecule has 1 aromatic heterocycles. The fourth-order valence-corrected chi connectivity index (χ4v) is 1.85. The number of carbonyl (C=O) groups is 2. The van der Waals surface area contributed by atoms with Crippen LogP contribution in [0.15, 0.2) is 10.5 Å². The summed E-state index contributed by atoms with van der Waals surface area (Å²) in [5.41, 5.74) is 0.943. The van der Waals surface area contributed by atoms with Crippen molar-refractivity contribution in [1.29, 1.82) is 0 Å². The molecule has 1 aromatic rings. The first kappa shape index (κ1) is 15.1. The summed E-state index contributed by atoms with van der Waals surface area (Å²) in [5.74, 6) is 0.735. The molecule has 0 aliphatic rings. The number of rotatable bonds is 6. The van der Waals surface area contributed by atoms with Gasteiger partial charge >= 0.3 is 12.0 Å². The molecule has 6 heteroatoms. The number of hydrogen-bond donors (Lipinski definition) is 3. The fraction of sp³-hybridized carbons (Fsp3) is 0.538. The van der Waals surface area contributed by atoms with Crippen LogP contribution in [0.25, 0.3) is 0 Å². The second-order valence-corrected chi connectivity index (χ2v) is 4.49. The van der Waals surface area contributed by atoms with Gasteiger partial charge in [0, 0.05) is 18.5 Å². The van der Waals surface area contributed by atoms with E-state index in [-0.39, 0.29) is 18.5 Å². The van der Waals surface area contributed by atoms with Crippen LogP contribution in [0.5, 0.6) is 0 Å². The zero-order valence-electron chi connectivity index (χ0n) is 11.4. The molecule has 0 radical (unpaired) electrons. The second kappa shape index (κ2) is 6.82. The lowest BCUT2D eigenvalue weighted by molar-refractivity contribution is -0.137. The summed E-state index contributed by atoms with van der Waals surface area (Å²) < 4.78 is 5.41. The van der Waals surface area contributed by atoms with Crippen molar-refractivity contribution in [3.05, 3.63) is 23.2 Å². The third kappa shape index (κ3) is 5.03. The smallest absolute Gasteiger partial charge is 0.315 e. The van der Waals surface area contributed by atoms with Gasteiger partial charge in [0.15, 0.2) is 0 Å². The second-order valence-electron chi connectivity index (χ2n) is 4.49. The van der Waals surface area contributed by atoms with Gasteiger partial charge in [0.1, 0.15) is 11.5 Å². The van der Waals surface area contributed by atoms with Crippen molar-refractivity contribution in [2.24, 2.45) is 0 Å². The number of furan rings is 1. The van der Waals surface area contributed by atoms with Crippen LogP contribution in [0.2, 0.25) is 0 Å². The normalized spacial score (nSPS) is 11.9. The third-order valence-electron chi connectivity index (χ3n) is 2.75. The van der Waals surface area contributed by atoms with Gasteiger partial charge in [0.05, 0.1) is 6.04 Å². The minimum Gasteiger partial charge on any atom is -0.481 e. The van der Waals surface area contributed by atoms with Crippen molar-refractivity contribution in [2.75, 3.05) is 6.54 Å². The molecule has 2 amide bonds. The van der Waals surface area contributed by atoms with Gasteiger partial charge in [-0.3, -0.25) is 4.79 Å². The van der Waals surface area contributed by atoms with Gasteiger partial charge in [-0.15, -0.1) is 0 Å². The Hall–Kier alpha value is -1.98. The quantitative estimate of drug-likeness (QED) is 0.689. The molecule has 0 saturated carbocycles. The summed E-state index contributed by atoms with van der Waals surface area (Å²) in [6.07, 6.45) is 0.469. The molecule has 0 saturated heterocycles. The van der Waals surface area contributed by atoms with E-state index < -0.39 is 5.97 Å². The zero-order chi connectivity index (χ0) is 14.4. The van der Waals surface area contributed by atoms with Gasteiger partial charge in [-0.1, -0.05) is 0 Å².